The summed E-state index contributed by atoms with van der Waals surface area (Å²) < 4.78 is 0. The minimum atomic E-state index is -0.736. The van der Waals surface area contributed by atoms with E-state index in [9.17, 15) is 4.79 Å². The van der Waals surface area contributed by atoms with Gasteiger partial charge in [0.25, 0.3) is 0 Å². The van der Waals surface area contributed by atoms with E-state index in [1.165, 1.54) is 0 Å². The number of carbonyl (C=O) groups is 1. The molecule has 0 radical (unpaired) electrons. The van der Waals surface area contributed by atoms with Crippen LogP contribution in [-0.2, 0) is 9.63 Å². The second-order valence-corrected chi connectivity index (χ2v) is 2.35. The van der Waals surface area contributed by atoms with Crippen molar-refractivity contribution in [2.45, 2.75) is 19.9 Å². The van der Waals surface area contributed by atoms with Crippen LogP contribution in [0.3, 0.4) is 0 Å². The van der Waals surface area contributed by atoms with Crippen molar-refractivity contribution in [2.75, 3.05) is 0 Å². The van der Waals surface area contributed by atoms with Gasteiger partial charge in [-0.2, -0.15) is 0 Å². The molecular formula is C5H10N4O2. The molecule has 1 atom stereocenters. The van der Waals surface area contributed by atoms with E-state index >= 15 is 0 Å². The van der Waals surface area contributed by atoms with Crippen LogP contribution in [0.25, 0.3) is 10.4 Å². The highest BCUT2D eigenvalue weighted by atomic mass is 16.7. The number of hydrogen-bond acceptors (Lipinski definition) is 4. The van der Waals surface area contributed by atoms with Gasteiger partial charge in [0, 0.05) is 4.91 Å². The van der Waals surface area contributed by atoms with Crippen molar-refractivity contribution in [1.82, 2.24) is 0 Å². The molecule has 0 aromatic heterocycles. The van der Waals surface area contributed by atoms with Gasteiger partial charge in [0.15, 0.2) is 0 Å². The predicted molar refractivity (Wildman–Crippen MR) is 38.1 cm³/mol. The van der Waals surface area contributed by atoms with E-state index in [2.05, 4.69) is 15.0 Å². The molecule has 0 aliphatic rings. The first-order chi connectivity index (χ1) is 5.09. The van der Waals surface area contributed by atoms with Crippen LogP contribution in [0.4, 0.5) is 0 Å². The van der Waals surface area contributed by atoms with Crippen LogP contribution in [0.5, 0.6) is 0 Å². The van der Waals surface area contributed by atoms with Crippen molar-refractivity contribution in [3.8, 4) is 0 Å². The van der Waals surface area contributed by atoms with Crippen molar-refractivity contribution in [1.29, 1.82) is 0 Å². The molecule has 2 N–H and O–H groups in total. The predicted octanol–water partition coefficient (Wildman–Crippen LogP) is 0.738. The van der Waals surface area contributed by atoms with Gasteiger partial charge in [-0.3, -0.25) is 0 Å². The Morgan fingerprint density at radius 1 is 1.73 bits per heavy atom. The summed E-state index contributed by atoms with van der Waals surface area (Å²) in [6.07, 6.45) is 0. The van der Waals surface area contributed by atoms with Gasteiger partial charge < -0.3 is 10.6 Å². The minimum absolute atomic E-state index is 0.0311. The lowest BCUT2D eigenvalue weighted by molar-refractivity contribution is -0.146. The molecule has 0 amide bonds. The molecule has 0 aliphatic carbocycles. The Morgan fingerprint density at radius 3 is 2.64 bits per heavy atom. The Hall–Kier alpha value is -1.26. The summed E-state index contributed by atoms with van der Waals surface area (Å²) in [5, 5.41) is 2.63. The molecule has 0 aromatic rings. The van der Waals surface area contributed by atoms with E-state index in [0.717, 1.165) is 0 Å². The first-order valence-electron chi connectivity index (χ1n) is 3.10. The molecule has 0 aliphatic heterocycles. The zero-order valence-electron chi connectivity index (χ0n) is 6.39. The molecule has 0 saturated carbocycles. The van der Waals surface area contributed by atoms with E-state index in [-0.39, 0.29) is 5.92 Å². The lowest BCUT2D eigenvalue weighted by Crippen LogP contribution is -2.36. The molecule has 0 spiro atoms. The van der Waals surface area contributed by atoms with Gasteiger partial charge in [-0.25, -0.2) is 4.79 Å². The van der Waals surface area contributed by atoms with Crippen LogP contribution in [0, 0.1) is 5.92 Å². The minimum Gasteiger partial charge on any atom is -0.357 e. The zero-order valence-corrected chi connectivity index (χ0v) is 6.39. The Balaban J connectivity index is 3.92. The molecule has 0 aromatic carbocycles. The highest BCUT2D eigenvalue weighted by Crippen LogP contribution is 2.00. The maximum Gasteiger partial charge on any atom is 0.334 e. The van der Waals surface area contributed by atoms with Gasteiger partial charge in [0.1, 0.15) is 11.3 Å². The molecule has 0 saturated heterocycles. The number of hydrogen-bond donors (Lipinski definition) is 1. The van der Waals surface area contributed by atoms with Crippen LogP contribution in [0.1, 0.15) is 13.8 Å². The third kappa shape index (κ3) is 3.44. The Kier molecular flexibility index (Phi) is 4.02. The molecule has 6 heteroatoms. The van der Waals surface area contributed by atoms with Gasteiger partial charge in [-0.1, -0.05) is 13.8 Å². The van der Waals surface area contributed by atoms with E-state index < -0.39 is 12.0 Å². The van der Waals surface area contributed by atoms with Gasteiger partial charge in [0.2, 0.25) is 0 Å². The smallest absolute Gasteiger partial charge is 0.334 e. The van der Waals surface area contributed by atoms with Gasteiger partial charge >= 0.3 is 5.97 Å². The van der Waals surface area contributed by atoms with Crippen molar-refractivity contribution in [2.24, 2.45) is 16.9 Å². The third-order valence-corrected chi connectivity index (χ3v) is 1.16. The molecule has 11 heavy (non-hydrogen) atoms. The molecular weight excluding hydrogens is 148 g/mol. The lowest BCUT2D eigenvalue weighted by atomic mass is 10.1. The number of rotatable bonds is 3. The first-order valence-corrected chi connectivity index (χ1v) is 3.10. The SMILES string of the molecule is CC(C)C(N)C(=O)ON=[N+]=[N-]. The van der Waals surface area contributed by atoms with Crippen LogP contribution >= 0.6 is 0 Å². The second-order valence-electron chi connectivity index (χ2n) is 2.35. The Labute approximate surface area is 63.9 Å². The average molecular weight is 158 g/mol. The maximum atomic E-state index is 10.7. The van der Waals surface area contributed by atoms with E-state index in [1.54, 1.807) is 13.8 Å². The maximum absolute atomic E-state index is 10.7. The Bertz CT molecular complexity index is 185. The molecule has 0 bridgehead atoms. The summed E-state index contributed by atoms with van der Waals surface area (Å²) in [6, 6.07) is -0.736. The summed E-state index contributed by atoms with van der Waals surface area (Å²) in [5.41, 5.74) is 13.1. The van der Waals surface area contributed by atoms with E-state index in [0.29, 0.717) is 0 Å². The van der Waals surface area contributed by atoms with Crippen LogP contribution in [0.2, 0.25) is 0 Å². The number of nitrogens with zero attached hydrogens (tertiary/aromatic N) is 3. The van der Waals surface area contributed by atoms with Crippen molar-refractivity contribution in [3.05, 3.63) is 10.4 Å². The lowest BCUT2D eigenvalue weighted by Gasteiger charge is -2.10. The Morgan fingerprint density at radius 2 is 2.27 bits per heavy atom. The van der Waals surface area contributed by atoms with Gasteiger partial charge in [-0.05, 0) is 11.4 Å². The zero-order chi connectivity index (χ0) is 8.85. The van der Waals surface area contributed by atoms with E-state index in [4.69, 9.17) is 11.3 Å². The van der Waals surface area contributed by atoms with Crippen molar-refractivity contribution in [3.63, 3.8) is 0 Å². The highest BCUT2D eigenvalue weighted by molar-refractivity contribution is 5.75. The third-order valence-electron chi connectivity index (χ3n) is 1.16. The number of nitrogens with two attached hydrogens (primary N) is 1. The van der Waals surface area contributed by atoms with E-state index in [1.807, 2.05) is 0 Å². The second kappa shape index (κ2) is 4.54. The quantitative estimate of drug-likeness (QED) is 0.283. The molecule has 62 valence electrons. The number of azide groups is 1. The molecule has 6 nitrogen and oxygen atoms in total. The standard InChI is InChI=1S/C5H10N4O2/c1-3(2)4(6)5(10)11-9-8-7/h3-4H,6H2,1-2H3. The van der Waals surface area contributed by atoms with Crippen LogP contribution < -0.4 is 5.73 Å². The highest BCUT2D eigenvalue weighted by Gasteiger charge is 2.18. The fourth-order valence-electron chi connectivity index (χ4n) is 0.392. The molecule has 0 rings (SSSR count). The summed E-state index contributed by atoms with van der Waals surface area (Å²) in [7, 11) is 0. The number of carbonyl (C=O) groups excluding carboxylic acids is 1. The summed E-state index contributed by atoms with van der Waals surface area (Å²) in [6.45, 7) is 3.53. The molecule has 1 unspecified atom stereocenters. The summed E-state index contributed by atoms with van der Waals surface area (Å²) >= 11 is 0. The monoisotopic (exact) mass is 158 g/mol. The first kappa shape index (κ1) is 9.74. The van der Waals surface area contributed by atoms with Crippen molar-refractivity contribution < 1.29 is 9.63 Å². The van der Waals surface area contributed by atoms with Crippen LogP contribution in [-0.4, -0.2) is 12.0 Å². The summed E-state index contributed by atoms with van der Waals surface area (Å²) in [5.74, 6) is -0.741. The van der Waals surface area contributed by atoms with Crippen LogP contribution in [0.15, 0.2) is 5.28 Å². The fourth-order valence-corrected chi connectivity index (χ4v) is 0.392. The van der Waals surface area contributed by atoms with Crippen molar-refractivity contribution >= 4 is 5.97 Å². The topological polar surface area (TPSA) is 101 Å². The van der Waals surface area contributed by atoms with Gasteiger partial charge in [0.05, 0.1) is 0 Å². The fraction of sp³-hybridized carbons (Fsp3) is 0.800. The molecule has 0 heterocycles. The summed E-state index contributed by atoms with van der Waals surface area (Å²) in [4.78, 5) is 17.0. The molecule has 0 fully saturated rings. The normalized spacial score (nSPS) is 12.0. The van der Waals surface area contributed by atoms with Gasteiger partial charge in [-0.15, -0.1) is 0 Å². The average Bonchev–Trinajstić information content (AvgIpc) is 1.98. The largest absolute Gasteiger partial charge is 0.357 e.